The number of aromatic nitrogens is 3. The molecule has 2 aromatic heterocycles. The van der Waals surface area contributed by atoms with Gasteiger partial charge in [0.05, 0.1) is 0 Å². The molecule has 7 nitrogen and oxygen atoms in total. The van der Waals surface area contributed by atoms with Crippen molar-refractivity contribution in [3.05, 3.63) is 30.4 Å². The Hall–Kier alpha value is -2.28. The van der Waals surface area contributed by atoms with Gasteiger partial charge in [-0.2, -0.15) is 4.98 Å². The van der Waals surface area contributed by atoms with Gasteiger partial charge in [-0.25, -0.2) is 0 Å². The average Bonchev–Trinajstić information content (AvgIpc) is 3.00. The van der Waals surface area contributed by atoms with E-state index in [9.17, 15) is 4.79 Å². The van der Waals surface area contributed by atoms with Crippen molar-refractivity contribution < 1.29 is 9.32 Å². The molecule has 118 valence electrons. The predicted octanol–water partition coefficient (Wildman–Crippen LogP) is 1.55. The molecular formula is C15H21N5O2. The molecule has 0 aliphatic rings. The van der Waals surface area contributed by atoms with Gasteiger partial charge in [-0.05, 0) is 25.1 Å². The summed E-state index contributed by atoms with van der Waals surface area (Å²) < 4.78 is 5.34. The maximum absolute atomic E-state index is 11.9. The summed E-state index contributed by atoms with van der Waals surface area (Å²) in [4.78, 5) is 20.3. The van der Waals surface area contributed by atoms with Crippen LogP contribution in [0.2, 0.25) is 0 Å². The number of hydrogen-bond donors (Lipinski definition) is 2. The molecule has 1 amide bonds. The average molecular weight is 303 g/mol. The number of amides is 1. The molecule has 2 N–H and O–H groups in total. The Bertz CT molecular complexity index is 597. The van der Waals surface area contributed by atoms with E-state index in [0.717, 1.165) is 5.56 Å². The first-order chi connectivity index (χ1) is 10.6. The first-order valence-electron chi connectivity index (χ1n) is 7.29. The second-order valence-corrected chi connectivity index (χ2v) is 5.33. The van der Waals surface area contributed by atoms with Gasteiger partial charge in [-0.3, -0.25) is 9.78 Å². The molecule has 7 heteroatoms. The summed E-state index contributed by atoms with van der Waals surface area (Å²) in [5.74, 6) is 1.01. The van der Waals surface area contributed by atoms with Crippen LogP contribution >= 0.6 is 0 Å². The van der Waals surface area contributed by atoms with Gasteiger partial charge in [0.25, 0.3) is 0 Å². The van der Waals surface area contributed by atoms with Crippen LogP contribution < -0.4 is 10.6 Å². The second kappa shape index (κ2) is 7.65. The first-order valence-corrected chi connectivity index (χ1v) is 7.29. The van der Waals surface area contributed by atoms with Crippen molar-refractivity contribution in [3.8, 4) is 11.4 Å². The van der Waals surface area contributed by atoms with Gasteiger partial charge in [-0.15, -0.1) is 0 Å². The Morgan fingerprint density at radius 3 is 2.68 bits per heavy atom. The molecule has 1 unspecified atom stereocenters. The van der Waals surface area contributed by atoms with Crippen molar-refractivity contribution in [1.82, 2.24) is 25.8 Å². The van der Waals surface area contributed by atoms with Crippen LogP contribution in [0.25, 0.3) is 11.4 Å². The Kier molecular flexibility index (Phi) is 5.60. The normalized spacial score (nSPS) is 12.4. The van der Waals surface area contributed by atoms with E-state index in [-0.39, 0.29) is 17.9 Å². The van der Waals surface area contributed by atoms with Gasteiger partial charge in [-0.1, -0.05) is 19.0 Å². The maximum Gasteiger partial charge on any atom is 0.249 e. The fourth-order valence-electron chi connectivity index (χ4n) is 1.98. The monoisotopic (exact) mass is 303 g/mol. The van der Waals surface area contributed by atoms with Crippen LogP contribution in [0.3, 0.4) is 0 Å². The van der Waals surface area contributed by atoms with Gasteiger partial charge in [0.2, 0.25) is 17.6 Å². The molecule has 0 aromatic carbocycles. The lowest BCUT2D eigenvalue weighted by molar-refractivity contribution is -0.122. The van der Waals surface area contributed by atoms with Crippen LogP contribution in [-0.2, 0) is 4.79 Å². The highest BCUT2D eigenvalue weighted by atomic mass is 16.5. The zero-order valence-corrected chi connectivity index (χ0v) is 13.0. The highest BCUT2D eigenvalue weighted by Crippen LogP contribution is 2.23. The molecule has 1 atom stereocenters. The Morgan fingerprint density at radius 2 is 2.05 bits per heavy atom. The van der Waals surface area contributed by atoms with Crippen molar-refractivity contribution in [2.24, 2.45) is 5.92 Å². The lowest BCUT2D eigenvalue weighted by Gasteiger charge is -2.18. The summed E-state index contributed by atoms with van der Waals surface area (Å²) in [6.45, 7) is 4.63. The van der Waals surface area contributed by atoms with Gasteiger partial charge < -0.3 is 15.2 Å². The highest BCUT2D eigenvalue weighted by molar-refractivity contribution is 5.76. The standard InChI is InChI=1S/C15H21N5O2/c1-10(2)13(18-12(21)6-7-16-3)15-19-14(20-22-15)11-4-8-17-9-5-11/h4-5,8-10,13,16H,6-7H2,1-3H3,(H,18,21). The first kappa shape index (κ1) is 16.1. The number of nitrogens with one attached hydrogen (secondary N) is 2. The summed E-state index contributed by atoms with van der Waals surface area (Å²) in [7, 11) is 1.81. The molecule has 0 aliphatic carbocycles. The molecule has 2 aromatic rings. The summed E-state index contributed by atoms with van der Waals surface area (Å²) in [5.41, 5.74) is 0.828. The maximum atomic E-state index is 11.9. The predicted molar refractivity (Wildman–Crippen MR) is 81.8 cm³/mol. The molecular weight excluding hydrogens is 282 g/mol. The van der Waals surface area contributed by atoms with E-state index in [1.54, 1.807) is 12.4 Å². The van der Waals surface area contributed by atoms with Crippen LogP contribution in [0.15, 0.2) is 29.0 Å². The van der Waals surface area contributed by atoms with Crippen LogP contribution in [0.5, 0.6) is 0 Å². The van der Waals surface area contributed by atoms with Crippen molar-refractivity contribution in [1.29, 1.82) is 0 Å². The fraction of sp³-hybridized carbons (Fsp3) is 0.467. The van der Waals surface area contributed by atoms with Gasteiger partial charge >= 0.3 is 0 Å². The number of nitrogens with zero attached hydrogens (tertiary/aromatic N) is 3. The molecule has 0 bridgehead atoms. The molecule has 0 aliphatic heterocycles. The fourth-order valence-corrected chi connectivity index (χ4v) is 1.98. The minimum absolute atomic E-state index is 0.0447. The summed E-state index contributed by atoms with van der Waals surface area (Å²) in [6, 6.07) is 3.32. The van der Waals surface area contributed by atoms with E-state index in [0.29, 0.717) is 24.7 Å². The molecule has 0 saturated carbocycles. The van der Waals surface area contributed by atoms with Crippen molar-refractivity contribution in [2.45, 2.75) is 26.3 Å². The number of hydrogen-bond acceptors (Lipinski definition) is 6. The highest BCUT2D eigenvalue weighted by Gasteiger charge is 2.24. The zero-order chi connectivity index (χ0) is 15.9. The van der Waals surface area contributed by atoms with Crippen LogP contribution in [0, 0.1) is 5.92 Å². The molecule has 0 fully saturated rings. The third-order valence-electron chi connectivity index (χ3n) is 3.23. The number of rotatable bonds is 7. The SMILES string of the molecule is CNCCC(=O)NC(c1nc(-c2ccncc2)no1)C(C)C. The molecule has 2 heterocycles. The largest absolute Gasteiger partial charge is 0.344 e. The van der Waals surface area contributed by atoms with Crippen molar-refractivity contribution >= 4 is 5.91 Å². The second-order valence-electron chi connectivity index (χ2n) is 5.33. The van der Waals surface area contributed by atoms with Crippen molar-refractivity contribution in [3.63, 3.8) is 0 Å². The van der Waals surface area contributed by atoms with E-state index in [4.69, 9.17) is 4.52 Å². The molecule has 0 radical (unpaired) electrons. The Labute approximate surface area is 129 Å². The third-order valence-corrected chi connectivity index (χ3v) is 3.23. The molecule has 0 spiro atoms. The van der Waals surface area contributed by atoms with Crippen molar-refractivity contribution in [2.75, 3.05) is 13.6 Å². The summed E-state index contributed by atoms with van der Waals surface area (Å²) in [6.07, 6.45) is 3.75. The topological polar surface area (TPSA) is 92.9 Å². The number of carbonyl (C=O) groups is 1. The van der Waals surface area contributed by atoms with E-state index < -0.39 is 0 Å². The minimum atomic E-state index is -0.299. The lowest BCUT2D eigenvalue weighted by Crippen LogP contribution is -2.33. The number of pyridine rings is 1. The zero-order valence-electron chi connectivity index (χ0n) is 13.0. The van der Waals surface area contributed by atoms with Crippen LogP contribution in [0.4, 0.5) is 0 Å². The van der Waals surface area contributed by atoms with E-state index >= 15 is 0 Å². The number of carbonyl (C=O) groups excluding carboxylic acids is 1. The molecule has 2 rings (SSSR count). The Balaban J connectivity index is 2.13. The van der Waals surface area contributed by atoms with Crippen LogP contribution in [-0.4, -0.2) is 34.6 Å². The summed E-state index contributed by atoms with van der Waals surface area (Å²) in [5, 5.41) is 9.87. The van der Waals surface area contributed by atoms with E-state index in [1.807, 2.05) is 33.0 Å². The molecule has 0 saturated heterocycles. The van der Waals surface area contributed by atoms with Gasteiger partial charge in [0, 0.05) is 30.9 Å². The quantitative estimate of drug-likeness (QED) is 0.806. The Morgan fingerprint density at radius 1 is 1.32 bits per heavy atom. The summed E-state index contributed by atoms with van der Waals surface area (Å²) >= 11 is 0. The lowest BCUT2D eigenvalue weighted by atomic mass is 10.0. The van der Waals surface area contributed by atoms with E-state index in [2.05, 4.69) is 25.8 Å². The van der Waals surface area contributed by atoms with Gasteiger partial charge in [0.15, 0.2) is 0 Å². The van der Waals surface area contributed by atoms with E-state index in [1.165, 1.54) is 0 Å². The minimum Gasteiger partial charge on any atom is -0.344 e. The van der Waals surface area contributed by atoms with Crippen LogP contribution in [0.1, 0.15) is 32.2 Å². The molecule has 22 heavy (non-hydrogen) atoms. The third kappa shape index (κ3) is 4.11. The van der Waals surface area contributed by atoms with Gasteiger partial charge in [0.1, 0.15) is 6.04 Å². The smallest absolute Gasteiger partial charge is 0.249 e.